The molecular weight excluding hydrogens is 190 g/mol. The minimum atomic E-state index is 0.402. The van der Waals surface area contributed by atoms with Crippen molar-refractivity contribution in [1.82, 2.24) is 0 Å². The zero-order valence-corrected chi connectivity index (χ0v) is 9.03. The topological polar surface area (TPSA) is 44.5 Å². The summed E-state index contributed by atoms with van der Waals surface area (Å²) >= 11 is 0. The van der Waals surface area contributed by atoms with Gasteiger partial charge in [-0.2, -0.15) is 0 Å². The van der Waals surface area contributed by atoms with Crippen LogP contribution < -0.4 is 15.2 Å². The standard InChI is InChI=1S/C12H17NO2/c1-14-12-8-9(6-7-13)2-5-11(12)15-10-3-4-10/h2,5,8,10H,3-4,6-7,13H2,1H3. The molecule has 1 aliphatic carbocycles. The van der Waals surface area contributed by atoms with E-state index in [0.717, 1.165) is 30.8 Å². The Balaban J connectivity index is 2.14. The summed E-state index contributed by atoms with van der Waals surface area (Å²) in [5.74, 6) is 1.66. The molecule has 0 unspecified atom stereocenters. The second-order valence-electron chi connectivity index (χ2n) is 3.84. The Labute approximate surface area is 90.2 Å². The first kappa shape index (κ1) is 10.3. The molecule has 0 bridgehead atoms. The van der Waals surface area contributed by atoms with Gasteiger partial charge in [0.2, 0.25) is 0 Å². The summed E-state index contributed by atoms with van der Waals surface area (Å²) in [6.45, 7) is 0.659. The number of nitrogens with two attached hydrogens (primary N) is 1. The molecule has 0 atom stereocenters. The van der Waals surface area contributed by atoms with Crippen LogP contribution in [0.1, 0.15) is 18.4 Å². The zero-order valence-electron chi connectivity index (χ0n) is 9.03. The molecule has 2 rings (SSSR count). The van der Waals surface area contributed by atoms with Crippen LogP contribution in [0.15, 0.2) is 18.2 Å². The summed E-state index contributed by atoms with van der Waals surface area (Å²) in [5.41, 5.74) is 6.70. The lowest BCUT2D eigenvalue weighted by molar-refractivity contribution is 0.282. The highest BCUT2D eigenvalue weighted by Gasteiger charge is 2.24. The molecule has 0 aromatic heterocycles. The fourth-order valence-electron chi connectivity index (χ4n) is 1.50. The summed E-state index contributed by atoms with van der Waals surface area (Å²) in [6, 6.07) is 6.03. The van der Waals surface area contributed by atoms with Crippen molar-refractivity contribution in [3.05, 3.63) is 23.8 Å². The molecule has 0 heterocycles. The number of benzene rings is 1. The van der Waals surface area contributed by atoms with Gasteiger partial charge in [0, 0.05) is 0 Å². The average molecular weight is 207 g/mol. The second-order valence-corrected chi connectivity index (χ2v) is 3.84. The van der Waals surface area contributed by atoms with E-state index in [4.69, 9.17) is 15.2 Å². The van der Waals surface area contributed by atoms with Crippen molar-refractivity contribution in [3.8, 4) is 11.5 Å². The quantitative estimate of drug-likeness (QED) is 0.799. The normalized spacial score (nSPS) is 15.1. The first-order chi connectivity index (χ1) is 7.33. The highest BCUT2D eigenvalue weighted by Crippen LogP contribution is 2.34. The Morgan fingerprint density at radius 1 is 1.33 bits per heavy atom. The number of methoxy groups -OCH3 is 1. The van der Waals surface area contributed by atoms with Gasteiger partial charge in [-0.1, -0.05) is 6.07 Å². The maximum Gasteiger partial charge on any atom is 0.161 e. The van der Waals surface area contributed by atoms with Crippen LogP contribution in [0.25, 0.3) is 0 Å². The molecule has 1 aromatic rings. The lowest BCUT2D eigenvalue weighted by atomic mass is 10.1. The Hall–Kier alpha value is -1.22. The third kappa shape index (κ3) is 2.63. The molecule has 0 saturated heterocycles. The van der Waals surface area contributed by atoms with Crippen molar-refractivity contribution >= 4 is 0 Å². The summed E-state index contributed by atoms with van der Waals surface area (Å²) < 4.78 is 11.0. The van der Waals surface area contributed by atoms with Crippen molar-refractivity contribution in [2.75, 3.05) is 13.7 Å². The molecule has 1 aliphatic rings. The van der Waals surface area contributed by atoms with E-state index in [0.29, 0.717) is 12.6 Å². The predicted molar refractivity (Wildman–Crippen MR) is 59.4 cm³/mol. The van der Waals surface area contributed by atoms with Crippen LogP contribution in [0.2, 0.25) is 0 Å². The van der Waals surface area contributed by atoms with E-state index in [2.05, 4.69) is 0 Å². The summed E-state index contributed by atoms with van der Waals surface area (Å²) in [7, 11) is 1.67. The van der Waals surface area contributed by atoms with E-state index in [-0.39, 0.29) is 0 Å². The van der Waals surface area contributed by atoms with E-state index < -0.39 is 0 Å². The fraction of sp³-hybridized carbons (Fsp3) is 0.500. The molecule has 15 heavy (non-hydrogen) atoms. The van der Waals surface area contributed by atoms with Gasteiger partial charge in [0.25, 0.3) is 0 Å². The van der Waals surface area contributed by atoms with E-state index in [1.165, 1.54) is 5.56 Å². The van der Waals surface area contributed by atoms with Gasteiger partial charge < -0.3 is 15.2 Å². The number of ether oxygens (including phenoxy) is 2. The number of rotatable bonds is 5. The first-order valence-electron chi connectivity index (χ1n) is 5.37. The molecule has 2 N–H and O–H groups in total. The van der Waals surface area contributed by atoms with Crippen molar-refractivity contribution in [2.24, 2.45) is 5.73 Å². The van der Waals surface area contributed by atoms with E-state index in [1.807, 2.05) is 18.2 Å². The van der Waals surface area contributed by atoms with E-state index in [1.54, 1.807) is 7.11 Å². The van der Waals surface area contributed by atoms with Gasteiger partial charge in [0.1, 0.15) is 0 Å². The molecule has 1 saturated carbocycles. The van der Waals surface area contributed by atoms with Gasteiger partial charge >= 0.3 is 0 Å². The van der Waals surface area contributed by atoms with Crippen LogP contribution in [0.5, 0.6) is 11.5 Å². The number of hydrogen-bond acceptors (Lipinski definition) is 3. The van der Waals surface area contributed by atoms with Gasteiger partial charge in [0.05, 0.1) is 13.2 Å². The van der Waals surface area contributed by atoms with Gasteiger partial charge in [-0.15, -0.1) is 0 Å². The minimum Gasteiger partial charge on any atom is -0.493 e. The number of hydrogen-bond donors (Lipinski definition) is 1. The monoisotopic (exact) mass is 207 g/mol. The van der Waals surface area contributed by atoms with Gasteiger partial charge in [-0.05, 0) is 43.5 Å². The Bertz CT molecular complexity index is 334. The van der Waals surface area contributed by atoms with Crippen LogP contribution in [-0.2, 0) is 6.42 Å². The summed E-state index contributed by atoms with van der Waals surface area (Å²) in [6.07, 6.45) is 3.60. The molecule has 0 aliphatic heterocycles. The van der Waals surface area contributed by atoms with Gasteiger partial charge in [-0.25, -0.2) is 0 Å². The van der Waals surface area contributed by atoms with Gasteiger partial charge in [0.15, 0.2) is 11.5 Å². The lowest BCUT2D eigenvalue weighted by Gasteiger charge is -2.11. The zero-order chi connectivity index (χ0) is 10.7. The minimum absolute atomic E-state index is 0.402. The molecule has 3 nitrogen and oxygen atoms in total. The maximum absolute atomic E-state index is 5.72. The molecule has 0 spiro atoms. The molecule has 3 heteroatoms. The molecule has 1 fully saturated rings. The largest absolute Gasteiger partial charge is 0.493 e. The first-order valence-corrected chi connectivity index (χ1v) is 5.37. The second kappa shape index (κ2) is 4.53. The molecular formula is C12H17NO2. The Morgan fingerprint density at radius 2 is 2.13 bits per heavy atom. The van der Waals surface area contributed by atoms with Crippen LogP contribution in [0, 0.1) is 0 Å². The third-order valence-corrected chi connectivity index (χ3v) is 2.48. The van der Waals surface area contributed by atoms with E-state index >= 15 is 0 Å². The molecule has 82 valence electrons. The van der Waals surface area contributed by atoms with Crippen LogP contribution in [0.4, 0.5) is 0 Å². The van der Waals surface area contributed by atoms with E-state index in [9.17, 15) is 0 Å². The predicted octanol–water partition coefficient (Wildman–Crippen LogP) is 1.74. The molecule has 0 radical (unpaired) electrons. The lowest BCUT2D eigenvalue weighted by Crippen LogP contribution is -2.04. The summed E-state index contributed by atoms with van der Waals surface area (Å²) in [5, 5.41) is 0. The Kier molecular flexibility index (Phi) is 3.11. The fourth-order valence-corrected chi connectivity index (χ4v) is 1.50. The smallest absolute Gasteiger partial charge is 0.161 e. The van der Waals surface area contributed by atoms with Crippen LogP contribution in [0.3, 0.4) is 0 Å². The van der Waals surface area contributed by atoms with Crippen molar-refractivity contribution < 1.29 is 9.47 Å². The SMILES string of the molecule is COc1cc(CCN)ccc1OC1CC1. The van der Waals surface area contributed by atoms with Crippen molar-refractivity contribution in [1.29, 1.82) is 0 Å². The third-order valence-electron chi connectivity index (χ3n) is 2.48. The van der Waals surface area contributed by atoms with Crippen molar-refractivity contribution in [3.63, 3.8) is 0 Å². The van der Waals surface area contributed by atoms with Gasteiger partial charge in [-0.3, -0.25) is 0 Å². The van der Waals surface area contributed by atoms with Crippen LogP contribution in [-0.4, -0.2) is 19.8 Å². The Morgan fingerprint density at radius 3 is 2.73 bits per heavy atom. The van der Waals surface area contributed by atoms with Crippen LogP contribution >= 0.6 is 0 Å². The highest BCUT2D eigenvalue weighted by molar-refractivity contribution is 5.43. The maximum atomic E-state index is 5.72. The average Bonchev–Trinajstić information content (AvgIpc) is 3.04. The summed E-state index contributed by atoms with van der Waals surface area (Å²) in [4.78, 5) is 0. The van der Waals surface area contributed by atoms with Crippen molar-refractivity contribution in [2.45, 2.75) is 25.4 Å². The highest BCUT2D eigenvalue weighted by atomic mass is 16.5. The molecule has 1 aromatic carbocycles. The molecule has 0 amide bonds.